The minimum atomic E-state index is -0.673. The summed E-state index contributed by atoms with van der Waals surface area (Å²) in [6, 6.07) is 14.8. The van der Waals surface area contributed by atoms with Crippen molar-refractivity contribution in [1.82, 2.24) is 9.80 Å². The van der Waals surface area contributed by atoms with E-state index in [0.29, 0.717) is 42.7 Å². The summed E-state index contributed by atoms with van der Waals surface area (Å²) in [7, 11) is 1.53. The van der Waals surface area contributed by atoms with E-state index in [0.717, 1.165) is 31.4 Å². The van der Waals surface area contributed by atoms with Crippen molar-refractivity contribution in [3.8, 4) is 11.5 Å². The second kappa shape index (κ2) is 12.5. The first-order chi connectivity index (χ1) is 16.4. The van der Waals surface area contributed by atoms with Gasteiger partial charge in [0.2, 0.25) is 0 Å². The van der Waals surface area contributed by atoms with Gasteiger partial charge in [-0.25, -0.2) is 0 Å². The normalized spacial score (nSPS) is 15.3. The Labute approximate surface area is 202 Å². The quantitative estimate of drug-likeness (QED) is 0.507. The van der Waals surface area contributed by atoms with Crippen molar-refractivity contribution < 1.29 is 24.2 Å². The summed E-state index contributed by atoms with van der Waals surface area (Å²) in [4.78, 5) is 28.6. The first-order valence-corrected chi connectivity index (χ1v) is 12.0. The van der Waals surface area contributed by atoms with Gasteiger partial charge in [-0.15, -0.1) is 0 Å². The van der Waals surface area contributed by atoms with E-state index in [1.165, 1.54) is 14.0 Å². The van der Waals surface area contributed by atoms with Crippen LogP contribution in [0.2, 0.25) is 0 Å². The molecule has 1 aliphatic rings. The molecule has 1 aliphatic heterocycles. The van der Waals surface area contributed by atoms with Crippen molar-refractivity contribution in [3.05, 3.63) is 59.7 Å². The van der Waals surface area contributed by atoms with E-state index in [1.54, 1.807) is 18.2 Å². The molecule has 0 aromatic heterocycles. The van der Waals surface area contributed by atoms with Crippen LogP contribution in [0, 0.1) is 0 Å². The van der Waals surface area contributed by atoms with Gasteiger partial charge in [0.25, 0.3) is 5.91 Å². The van der Waals surface area contributed by atoms with E-state index in [1.807, 2.05) is 35.2 Å². The van der Waals surface area contributed by atoms with Gasteiger partial charge >= 0.3 is 0 Å². The third-order valence-corrected chi connectivity index (χ3v) is 6.25. The molecule has 0 saturated carbocycles. The Balaban J connectivity index is 1.53. The first-order valence-electron chi connectivity index (χ1n) is 12.0. The topological polar surface area (TPSA) is 79.3 Å². The molecule has 1 amide bonds. The van der Waals surface area contributed by atoms with E-state index in [4.69, 9.17) is 9.47 Å². The lowest BCUT2D eigenvalue weighted by Crippen LogP contribution is -2.49. The predicted octanol–water partition coefficient (Wildman–Crippen LogP) is 3.65. The Kier molecular flexibility index (Phi) is 9.48. The molecule has 2 aromatic carbocycles. The molecule has 0 radical (unpaired) electrons. The number of piperidine rings is 1. The molecular weight excluding hydrogens is 432 g/mol. The number of hydrogen-bond acceptors (Lipinski definition) is 6. The Morgan fingerprint density at radius 2 is 1.79 bits per heavy atom. The summed E-state index contributed by atoms with van der Waals surface area (Å²) in [6.07, 6.45) is 2.07. The molecule has 0 aliphatic carbocycles. The zero-order valence-corrected chi connectivity index (χ0v) is 20.4. The number of ketones is 1. The van der Waals surface area contributed by atoms with Gasteiger partial charge in [0.05, 0.1) is 7.11 Å². The lowest BCUT2D eigenvalue weighted by Gasteiger charge is -2.39. The summed E-state index contributed by atoms with van der Waals surface area (Å²) < 4.78 is 11.2. The number of benzene rings is 2. The second-order valence-corrected chi connectivity index (χ2v) is 8.77. The maximum absolute atomic E-state index is 12.7. The Morgan fingerprint density at radius 1 is 1.09 bits per heavy atom. The molecule has 184 valence electrons. The van der Waals surface area contributed by atoms with Crippen molar-refractivity contribution in [2.24, 2.45) is 0 Å². The molecule has 2 aromatic rings. The summed E-state index contributed by atoms with van der Waals surface area (Å²) >= 11 is 0. The third kappa shape index (κ3) is 6.81. The van der Waals surface area contributed by atoms with Crippen LogP contribution in [-0.4, -0.2) is 78.6 Å². The fraction of sp³-hybridized carbons (Fsp3) is 0.481. The van der Waals surface area contributed by atoms with Gasteiger partial charge in [-0.3, -0.25) is 14.5 Å². The lowest BCUT2D eigenvalue weighted by molar-refractivity contribution is 0.0318. The van der Waals surface area contributed by atoms with E-state index in [9.17, 15) is 14.7 Å². The van der Waals surface area contributed by atoms with Gasteiger partial charge in [0.15, 0.2) is 17.3 Å². The number of hydrogen-bond donors (Lipinski definition) is 1. The van der Waals surface area contributed by atoms with Crippen LogP contribution in [0.4, 0.5) is 0 Å². The van der Waals surface area contributed by atoms with Crippen LogP contribution >= 0.6 is 0 Å². The zero-order chi connectivity index (χ0) is 24.5. The molecule has 1 fully saturated rings. The van der Waals surface area contributed by atoms with E-state index in [-0.39, 0.29) is 18.3 Å². The average Bonchev–Trinajstić information content (AvgIpc) is 2.87. The largest absolute Gasteiger partial charge is 0.493 e. The van der Waals surface area contributed by atoms with Crippen LogP contribution in [0.3, 0.4) is 0 Å². The lowest BCUT2D eigenvalue weighted by atomic mass is 10.0. The minimum absolute atomic E-state index is 0.0448. The summed E-state index contributed by atoms with van der Waals surface area (Å²) in [5, 5.41) is 10.7. The Hall–Kier alpha value is -2.90. The number of Topliss-reactive ketones (excluding diaryl/α,β-unsaturated/α-hetero) is 1. The number of methoxy groups -OCH3 is 1. The summed E-state index contributed by atoms with van der Waals surface area (Å²) in [5.41, 5.74) is 1.28. The average molecular weight is 469 g/mol. The van der Waals surface area contributed by atoms with Crippen LogP contribution < -0.4 is 9.47 Å². The van der Waals surface area contributed by atoms with Crippen LogP contribution in [0.1, 0.15) is 53.8 Å². The number of aliphatic hydroxyl groups excluding tert-OH is 1. The highest BCUT2D eigenvalue weighted by Crippen LogP contribution is 2.28. The highest BCUT2D eigenvalue weighted by molar-refractivity contribution is 5.95. The molecule has 0 spiro atoms. The van der Waals surface area contributed by atoms with Crippen LogP contribution in [0.5, 0.6) is 11.5 Å². The molecule has 1 heterocycles. The number of rotatable bonds is 11. The van der Waals surface area contributed by atoms with Crippen LogP contribution in [0.25, 0.3) is 0 Å². The molecule has 1 atom stereocenters. The molecule has 1 saturated heterocycles. The van der Waals surface area contributed by atoms with Gasteiger partial charge in [-0.05, 0) is 63.1 Å². The van der Waals surface area contributed by atoms with Crippen molar-refractivity contribution in [3.63, 3.8) is 0 Å². The zero-order valence-electron chi connectivity index (χ0n) is 20.4. The third-order valence-electron chi connectivity index (χ3n) is 6.25. The highest BCUT2D eigenvalue weighted by atomic mass is 16.5. The van der Waals surface area contributed by atoms with Gasteiger partial charge in [0.1, 0.15) is 12.7 Å². The highest BCUT2D eigenvalue weighted by Gasteiger charge is 2.28. The maximum atomic E-state index is 12.7. The summed E-state index contributed by atoms with van der Waals surface area (Å²) in [5.74, 6) is 1.01. The van der Waals surface area contributed by atoms with Crippen molar-refractivity contribution in [2.45, 2.75) is 45.3 Å². The monoisotopic (exact) mass is 468 g/mol. The summed E-state index contributed by atoms with van der Waals surface area (Å²) in [6.45, 7) is 6.57. The molecule has 1 unspecified atom stereocenters. The molecule has 7 heteroatoms. The molecule has 0 bridgehead atoms. The maximum Gasteiger partial charge on any atom is 0.253 e. The minimum Gasteiger partial charge on any atom is -0.493 e. The number of carbonyl (C=O) groups is 2. The SMILES string of the molecule is CCCN(CC(O)COc1ccc(C(C)=O)cc1OC)C1CCN(C(=O)c2ccccc2)CC1. The standard InChI is InChI=1S/C27H36N2O5/c1-4-14-29(23-12-15-28(16-13-23)27(32)21-8-6-5-7-9-21)18-24(31)19-34-25-11-10-22(20(2)30)17-26(25)33-3/h5-11,17,23-24,31H,4,12-16,18-19H2,1-3H3. The Morgan fingerprint density at radius 3 is 2.41 bits per heavy atom. The van der Waals surface area contributed by atoms with Gasteiger partial charge in [-0.2, -0.15) is 0 Å². The number of likely N-dealkylation sites (tertiary alicyclic amines) is 1. The molecule has 34 heavy (non-hydrogen) atoms. The van der Waals surface area contributed by atoms with E-state index in [2.05, 4.69) is 11.8 Å². The fourth-order valence-corrected chi connectivity index (χ4v) is 4.42. The number of aliphatic hydroxyl groups is 1. The Bertz CT molecular complexity index is 941. The number of ether oxygens (including phenoxy) is 2. The molecule has 3 rings (SSSR count). The molecule has 1 N–H and O–H groups in total. The van der Waals surface area contributed by atoms with E-state index < -0.39 is 6.10 Å². The predicted molar refractivity (Wildman–Crippen MR) is 132 cm³/mol. The molecular formula is C27H36N2O5. The van der Waals surface area contributed by atoms with Gasteiger partial charge in [0, 0.05) is 36.8 Å². The van der Waals surface area contributed by atoms with Crippen molar-refractivity contribution in [2.75, 3.05) is 39.9 Å². The second-order valence-electron chi connectivity index (χ2n) is 8.77. The molecule has 7 nitrogen and oxygen atoms in total. The first kappa shape index (κ1) is 25.7. The van der Waals surface area contributed by atoms with Crippen LogP contribution in [0.15, 0.2) is 48.5 Å². The van der Waals surface area contributed by atoms with Crippen LogP contribution in [-0.2, 0) is 0 Å². The fourth-order valence-electron chi connectivity index (χ4n) is 4.42. The van der Waals surface area contributed by atoms with Crippen molar-refractivity contribution >= 4 is 11.7 Å². The number of nitrogens with zero attached hydrogens (tertiary/aromatic N) is 2. The number of carbonyl (C=O) groups excluding carboxylic acids is 2. The van der Waals surface area contributed by atoms with E-state index >= 15 is 0 Å². The number of amides is 1. The van der Waals surface area contributed by atoms with Crippen molar-refractivity contribution in [1.29, 1.82) is 0 Å². The van der Waals surface area contributed by atoms with Gasteiger partial charge < -0.3 is 19.5 Å². The van der Waals surface area contributed by atoms with Gasteiger partial charge in [-0.1, -0.05) is 25.1 Å². The smallest absolute Gasteiger partial charge is 0.253 e.